The number of aryl methyl sites for hydroxylation is 2. The highest BCUT2D eigenvalue weighted by Gasteiger charge is 2.19. The monoisotopic (exact) mass is 218 g/mol. The van der Waals surface area contributed by atoms with Crippen LogP contribution in [0.2, 0.25) is 0 Å². The van der Waals surface area contributed by atoms with Gasteiger partial charge in [-0.25, -0.2) is 14.8 Å². The Bertz CT molecular complexity index is 548. The third-order valence-electron chi connectivity index (χ3n) is 2.29. The SMILES string of the molecule is Cc1cncnc1-c1cnn(C)c1C(=O)O. The third-order valence-corrected chi connectivity index (χ3v) is 2.29. The number of hydrogen-bond donors (Lipinski definition) is 1. The van der Waals surface area contributed by atoms with Gasteiger partial charge in [-0.05, 0) is 12.5 Å². The van der Waals surface area contributed by atoms with Gasteiger partial charge in [-0.3, -0.25) is 4.68 Å². The molecular formula is C10H10N4O2. The summed E-state index contributed by atoms with van der Waals surface area (Å²) >= 11 is 0. The molecule has 82 valence electrons. The first-order chi connectivity index (χ1) is 7.61. The van der Waals surface area contributed by atoms with E-state index < -0.39 is 5.97 Å². The maximum atomic E-state index is 11.1. The Morgan fingerprint density at radius 1 is 1.44 bits per heavy atom. The van der Waals surface area contributed by atoms with Crippen LogP contribution in [0.15, 0.2) is 18.7 Å². The van der Waals surface area contributed by atoms with E-state index in [1.54, 1.807) is 13.2 Å². The second-order valence-electron chi connectivity index (χ2n) is 3.39. The van der Waals surface area contributed by atoms with Gasteiger partial charge in [0.05, 0.1) is 17.5 Å². The zero-order chi connectivity index (χ0) is 11.7. The van der Waals surface area contributed by atoms with Crippen molar-refractivity contribution in [2.24, 2.45) is 7.05 Å². The van der Waals surface area contributed by atoms with Crippen molar-refractivity contribution in [2.75, 3.05) is 0 Å². The van der Waals surface area contributed by atoms with Crippen molar-refractivity contribution in [1.82, 2.24) is 19.7 Å². The zero-order valence-electron chi connectivity index (χ0n) is 8.88. The smallest absolute Gasteiger partial charge is 0.354 e. The number of carboxylic acid groups (broad SMARTS) is 1. The lowest BCUT2D eigenvalue weighted by Gasteiger charge is -2.03. The largest absolute Gasteiger partial charge is 0.477 e. The van der Waals surface area contributed by atoms with Crippen LogP contribution in [0.4, 0.5) is 0 Å². The maximum Gasteiger partial charge on any atom is 0.354 e. The van der Waals surface area contributed by atoms with Gasteiger partial charge in [-0.15, -0.1) is 0 Å². The van der Waals surface area contributed by atoms with Gasteiger partial charge in [0.25, 0.3) is 0 Å². The number of aromatic carboxylic acids is 1. The van der Waals surface area contributed by atoms with Crippen LogP contribution >= 0.6 is 0 Å². The third kappa shape index (κ3) is 1.54. The number of carboxylic acids is 1. The summed E-state index contributed by atoms with van der Waals surface area (Å²) < 4.78 is 1.32. The van der Waals surface area contributed by atoms with Crippen LogP contribution in [0.1, 0.15) is 16.1 Å². The molecule has 2 aromatic rings. The standard InChI is InChI=1S/C10H10N4O2/c1-6-3-11-5-12-8(6)7-4-13-14(2)9(7)10(15)16/h3-5H,1-2H3,(H,15,16). The summed E-state index contributed by atoms with van der Waals surface area (Å²) in [6.07, 6.45) is 4.53. The summed E-state index contributed by atoms with van der Waals surface area (Å²) in [7, 11) is 1.59. The van der Waals surface area contributed by atoms with E-state index >= 15 is 0 Å². The molecule has 0 aromatic carbocycles. The molecule has 2 heterocycles. The van der Waals surface area contributed by atoms with Crippen LogP contribution in [0.25, 0.3) is 11.3 Å². The number of rotatable bonds is 2. The van der Waals surface area contributed by atoms with Crippen LogP contribution in [-0.4, -0.2) is 30.8 Å². The minimum atomic E-state index is -1.02. The molecule has 0 fully saturated rings. The Balaban J connectivity index is 2.66. The van der Waals surface area contributed by atoms with E-state index in [4.69, 9.17) is 5.11 Å². The molecule has 16 heavy (non-hydrogen) atoms. The Morgan fingerprint density at radius 3 is 2.81 bits per heavy atom. The summed E-state index contributed by atoms with van der Waals surface area (Å²) in [5, 5.41) is 13.0. The number of carbonyl (C=O) groups is 1. The minimum Gasteiger partial charge on any atom is -0.477 e. The molecule has 0 saturated heterocycles. The fourth-order valence-electron chi connectivity index (χ4n) is 1.55. The van der Waals surface area contributed by atoms with E-state index in [-0.39, 0.29) is 5.69 Å². The average Bonchev–Trinajstić information content (AvgIpc) is 2.61. The summed E-state index contributed by atoms with van der Waals surface area (Å²) in [6, 6.07) is 0. The number of aromatic nitrogens is 4. The van der Waals surface area contributed by atoms with Gasteiger partial charge in [-0.2, -0.15) is 5.10 Å². The molecule has 0 aliphatic carbocycles. The van der Waals surface area contributed by atoms with Crippen LogP contribution in [-0.2, 0) is 7.05 Å². The Kier molecular flexibility index (Phi) is 2.40. The summed E-state index contributed by atoms with van der Waals surface area (Å²) in [4.78, 5) is 19.0. The van der Waals surface area contributed by atoms with Crippen molar-refractivity contribution in [3.8, 4) is 11.3 Å². The molecule has 0 radical (unpaired) electrons. The predicted molar refractivity (Wildman–Crippen MR) is 55.9 cm³/mol. The first-order valence-corrected chi connectivity index (χ1v) is 4.63. The molecule has 0 spiro atoms. The Labute approximate surface area is 91.6 Å². The molecular weight excluding hydrogens is 208 g/mol. The van der Waals surface area contributed by atoms with Crippen LogP contribution in [0, 0.1) is 6.92 Å². The van der Waals surface area contributed by atoms with Crippen molar-refractivity contribution in [2.45, 2.75) is 6.92 Å². The van der Waals surface area contributed by atoms with Crippen LogP contribution in [0.3, 0.4) is 0 Å². The van der Waals surface area contributed by atoms with E-state index in [1.165, 1.54) is 17.2 Å². The van der Waals surface area contributed by atoms with Gasteiger partial charge in [0.15, 0.2) is 5.69 Å². The van der Waals surface area contributed by atoms with Gasteiger partial charge in [-0.1, -0.05) is 0 Å². The van der Waals surface area contributed by atoms with Crippen LogP contribution in [0.5, 0.6) is 0 Å². The first-order valence-electron chi connectivity index (χ1n) is 4.63. The molecule has 2 aromatic heterocycles. The highest BCUT2D eigenvalue weighted by Crippen LogP contribution is 2.23. The lowest BCUT2D eigenvalue weighted by atomic mass is 10.1. The number of nitrogens with zero attached hydrogens (tertiary/aromatic N) is 4. The maximum absolute atomic E-state index is 11.1. The van der Waals surface area contributed by atoms with Gasteiger partial charge in [0.1, 0.15) is 6.33 Å². The normalized spacial score (nSPS) is 10.4. The lowest BCUT2D eigenvalue weighted by Crippen LogP contribution is -2.07. The van der Waals surface area contributed by atoms with E-state index in [0.29, 0.717) is 11.3 Å². The van der Waals surface area contributed by atoms with Gasteiger partial charge >= 0.3 is 5.97 Å². The predicted octanol–water partition coefficient (Wildman–Crippen LogP) is 0.884. The van der Waals surface area contributed by atoms with Crippen molar-refractivity contribution >= 4 is 5.97 Å². The molecule has 0 aliphatic rings. The van der Waals surface area contributed by atoms with Gasteiger partial charge in [0.2, 0.25) is 0 Å². The van der Waals surface area contributed by atoms with Crippen molar-refractivity contribution < 1.29 is 9.90 Å². The second kappa shape index (κ2) is 3.73. The molecule has 0 amide bonds. The fraction of sp³-hybridized carbons (Fsp3) is 0.200. The van der Waals surface area contributed by atoms with Gasteiger partial charge in [0, 0.05) is 13.2 Å². The highest BCUT2D eigenvalue weighted by molar-refractivity contribution is 5.93. The first kappa shape index (κ1) is 10.3. The average molecular weight is 218 g/mol. The lowest BCUT2D eigenvalue weighted by molar-refractivity contribution is 0.0686. The van der Waals surface area contributed by atoms with E-state index in [1.807, 2.05) is 6.92 Å². The van der Waals surface area contributed by atoms with Crippen molar-refractivity contribution in [1.29, 1.82) is 0 Å². The molecule has 0 atom stereocenters. The molecule has 0 aliphatic heterocycles. The summed E-state index contributed by atoms with van der Waals surface area (Å²) in [6.45, 7) is 1.83. The van der Waals surface area contributed by atoms with Crippen LogP contribution < -0.4 is 0 Å². The van der Waals surface area contributed by atoms with E-state index in [9.17, 15) is 4.79 Å². The second-order valence-corrected chi connectivity index (χ2v) is 3.39. The molecule has 0 saturated carbocycles. The zero-order valence-corrected chi connectivity index (χ0v) is 8.88. The highest BCUT2D eigenvalue weighted by atomic mass is 16.4. The molecule has 6 heteroatoms. The molecule has 0 bridgehead atoms. The molecule has 1 N–H and O–H groups in total. The van der Waals surface area contributed by atoms with Crippen molar-refractivity contribution in [3.63, 3.8) is 0 Å². The van der Waals surface area contributed by atoms with Crippen molar-refractivity contribution in [3.05, 3.63) is 30.0 Å². The molecule has 2 rings (SSSR count). The molecule has 0 unspecified atom stereocenters. The van der Waals surface area contributed by atoms with Gasteiger partial charge < -0.3 is 5.11 Å². The Morgan fingerprint density at radius 2 is 2.19 bits per heavy atom. The summed E-state index contributed by atoms with van der Waals surface area (Å²) in [5.41, 5.74) is 2.05. The summed E-state index contributed by atoms with van der Waals surface area (Å²) in [5.74, 6) is -1.02. The Hall–Kier alpha value is -2.24. The minimum absolute atomic E-state index is 0.127. The van der Waals surface area contributed by atoms with E-state index in [2.05, 4.69) is 15.1 Å². The molecule has 6 nitrogen and oxygen atoms in total. The fourth-order valence-corrected chi connectivity index (χ4v) is 1.55. The number of hydrogen-bond acceptors (Lipinski definition) is 4. The topological polar surface area (TPSA) is 80.9 Å². The quantitative estimate of drug-likeness (QED) is 0.809. The van der Waals surface area contributed by atoms with E-state index in [0.717, 1.165) is 5.56 Å².